The summed E-state index contributed by atoms with van der Waals surface area (Å²) in [5.41, 5.74) is 13.1. The second kappa shape index (κ2) is 12.4. The zero-order valence-electron chi connectivity index (χ0n) is 23.7. The minimum absolute atomic E-state index is 0.870. The summed E-state index contributed by atoms with van der Waals surface area (Å²) in [7, 11) is 0. The maximum absolute atomic E-state index is 4.79. The van der Waals surface area contributed by atoms with Gasteiger partial charge in [0.1, 0.15) is 0 Å². The fraction of sp³-hybridized carbons (Fsp3) is 0.167. The fourth-order valence-electron chi connectivity index (χ4n) is 4.89. The second-order valence-electron chi connectivity index (χ2n) is 10.5. The summed E-state index contributed by atoms with van der Waals surface area (Å²) >= 11 is 0. The normalized spacial score (nSPS) is 16.9. The van der Waals surface area contributed by atoms with Gasteiger partial charge in [-0.3, -0.25) is 9.98 Å². The van der Waals surface area contributed by atoms with Gasteiger partial charge < -0.3 is 10.6 Å². The smallest absolute Gasteiger partial charge is 0.0633 e. The first-order valence-corrected chi connectivity index (χ1v) is 13.7. The summed E-state index contributed by atoms with van der Waals surface area (Å²) in [6, 6.07) is 34.2. The van der Waals surface area contributed by atoms with Crippen LogP contribution in [0.3, 0.4) is 0 Å². The third-order valence-corrected chi connectivity index (χ3v) is 6.74. The maximum Gasteiger partial charge on any atom is 0.0633 e. The van der Waals surface area contributed by atoms with Crippen molar-refractivity contribution in [3.63, 3.8) is 0 Å². The van der Waals surface area contributed by atoms with E-state index in [4.69, 9.17) is 9.98 Å². The van der Waals surface area contributed by atoms with Crippen LogP contribution in [0.5, 0.6) is 0 Å². The molecule has 4 aromatic carbocycles. The molecule has 11 rings (SSSR count). The van der Waals surface area contributed by atoms with Gasteiger partial charge in [0, 0.05) is 34.2 Å². The van der Waals surface area contributed by atoms with Gasteiger partial charge in [-0.2, -0.15) is 0 Å². The van der Waals surface area contributed by atoms with Crippen LogP contribution in [0.1, 0.15) is 49.9 Å². The molecule has 0 amide bonds. The molecular weight excluding hydrogens is 488 g/mol. The molecule has 0 unspecified atom stereocenters. The summed E-state index contributed by atoms with van der Waals surface area (Å²) in [6.45, 7) is 8.20. The Morgan fingerprint density at radius 3 is 1.05 bits per heavy atom. The average Bonchev–Trinajstić information content (AvgIpc) is 2.92. The lowest BCUT2D eigenvalue weighted by Crippen LogP contribution is -1.99. The molecule has 0 fully saturated rings. The predicted molar refractivity (Wildman–Crippen MR) is 172 cm³/mol. The SMILES string of the molecule is CC1=Nc2ccc(cc2)Cc2ccc(cc2)N=C(C)/C=C(/C)Nc2ccc(cc2)Cc2ccc(cc2)N/C(C)=C\1. The molecule has 7 aliphatic heterocycles. The van der Waals surface area contributed by atoms with Crippen molar-refractivity contribution < 1.29 is 0 Å². The Morgan fingerprint density at radius 1 is 0.425 bits per heavy atom. The van der Waals surface area contributed by atoms with Crippen LogP contribution in [0.2, 0.25) is 0 Å². The van der Waals surface area contributed by atoms with E-state index in [1.54, 1.807) is 0 Å². The number of rotatable bonds is 0. The summed E-state index contributed by atoms with van der Waals surface area (Å²) < 4.78 is 0. The molecular formula is C36H36N4. The molecule has 2 N–H and O–H groups in total. The molecule has 40 heavy (non-hydrogen) atoms. The van der Waals surface area contributed by atoms with E-state index >= 15 is 0 Å². The Balaban J connectivity index is 1.43. The van der Waals surface area contributed by atoms with Crippen molar-refractivity contribution in [2.45, 2.75) is 40.5 Å². The first kappa shape index (κ1) is 26.9. The number of benzene rings is 4. The average molecular weight is 525 g/mol. The van der Waals surface area contributed by atoms with Gasteiger partial charge in [0.15, 0.2) is 0 Å². The largest absolute Gasteiger partial charge is 0.359 e. The zero-order chi connectivity index (χ0) is 27.9. The molecule has 0 aromatic heterocycles. The highest BCUT2D eigenvalue weighted by Crippen LogP contribution is 2.21. The van der Waals surface area contributed by atoms with Gasteiger partial charge >= 0.3 is 0 Å². The fourth-order valence-corrected chi connectivity index (χ4v) is 4.89. The molecule has 0 aliphatic carbocycles. The van der Waals surface area contributed by atoms with Crippen molar-refractivity contribution in [1.82, 2.24) is 0 Å². The Morgan fingerprint density at radius 2 is 0.725 bits per heavy atom. The third kappa shape index (κ3) is 7.67. The van der Waals surface area contributed by atoms with Crippen molar-refractivity contribution in [3.8, 4) is 0 Å². The molecule has 4 nitrogen and oxygen atoms in total. The van der Waals surface area contributed by atoms with Crippen LogP contribution in [0.4, 0.5) is 22.7 Å². The number of anilines is 2. The van der Waals surface area contributed by atoms with Crippen molar-refractivity contribution >= 4 is 34.2 Å². The number of nitrogens with zero attached hydrogens (tertiary/aromatic N) is 2. The van der Waals surface area contributed by atoms with Gasteiger partial charge in [0.25, 0.3) is 0 Å². The Kier molecular flexibility index (Phi) is 8.36. The van der Waals surface area contributed by atoms with E-state index < -0.39 is 0 Å². The van der Waals surface area contributed by atoms with Crippen molar-refractivity contribution in [2.75, 3.05) is 10.6 Å². The molecule has 0 saturated carbocycles. The molecule has 7 aliphatic rings. The van der Waals surface area contributed by atoms with Crippen molar-refractivity contribution in [2.24, 2.45) is 9.98 Å². The number of allylic oxidation sites excluding steroid dienone is 4. The minimum Gasteiger partial charge on any atom is -0.359 e. The number of aliphatic imine (C=N–C) groups is 2. The minimum atomic E-state index is 0.870. The highest BCUT2D eigenvalue weighted by atomic mass is 14.9. The summed E-state index contributed by atoms with van der Waals surface area (Å²) in [5.74, 6) is 0. The van der Waals surface area contributed by atoms with Crippen LogP contribution in [0, 0.1) is 0 Å². The molecule has 8 bridgehead atoms. The van der Waals surface area contributed by atoms with Crippen LogP contribution < -0.4 is 10.6 Å². The van der Waals surface area contributed by atoms with E-state index in [1.165, 1.54) is 22.3 Å². The number of hydrogen-bond acceptors (Lipinski definition) is 4. The van der Waals surface area contributed by atoms with Crippen molar-refractivity contribution in [3.05, 3.63) is 143 Å². The van der Waals surface area contributed by atoms with Crippen LogP contribution in [-0.2, 0) is 12.8 Å². The highest BCUT2D eigenvalue weighted by molar-refractivity contribution is 5.96. The molecule has 200 valence electrons. The quantitative estimate of drug-likeness (QED) is 0.241. The Hall–Kier alpha value is -4.70. The highest BCUT2D eigenvalue weighted by Gasteiger charge is 2.02. The third-order valence-electron chi connectivity index (χ3n) is 6.74. The van der Waals surface area contributed by atoms with Gasteiger partial charge in [-0.15, -0.1) is 0 Å². The Labute approximate surface area is 237 Å². The van der Waals surface area contributed by atoms with E-state index in [-0.39, 0.29) is 0 Å². The number of nitrogens with one attached hydrogen (secondary N) is 2. The van der Waals surface area contributed by atoms with E-state index in [1.807, 2.05) is 13.8 Å². The lowest BCUT2D eigenvalue weighted by atomic mass is 10.0. The van der Waals surface area contributed by atoms with Gasteiger partial charge in [-0.25, -0.2) is 0 Å². The maximum atomic E-state index is 4.79. The lowest BCUT2D eigenvalue weighted by molar-refractivity contribution is 1.19. The van der Waals surface area contributed by atoms with Gasteiger partial charge in [-0.1, -0.05) is 48.5 Å². The monoisotopic (exact) mass is 524 g/mol. The van der Waals surface area contributed by atoms with Crippen LogP contribution in [0.25, 0.3) is 0 Å². The molecule has 4 aromatic rings. The van der Waals surface area contributed by atoms with Crippen LogP contribution in [0.15, 0.2) is 131 Å². The first-order valence-electron chi connectivity index (χ1n) is 13.7. The van der Waals surface area contributed by atoms with Crippen LogP contribution in [-0.4, -0.2) is 11.4 Å². The number of hydrogen-bond donors (Lipinski definition) is 2. The topological polar surface area (TPSA) is 48.8 Å². The molecule has 0 spiro atoms. The van der Waals surface area contributed by atoms with Gasteiger partial charge in [-0.05, 0) is 123 Å². The van der Waals surface area contributed by atoms with Gasteiger partial charge in [0.05, 0.1) is 11.4 Å². The summed E-state index contributed by atoms with van der Waals surface area (Å²) in [6.07, 6.45) is 5.92. The molecule has 0 saturated heterocycles. The van der Waals surface area contributed by atoms with E-state index in [0.717, 1.165) is 58.4 Å². The van der Waals surface area contributed by atoms with E-state index in [0.29, 0.717) is 0 Å². The lowest BCUT2D eigenvalue weighted by Gasteiger charge is -2.10. The molecule has 0 atom stereocenters. The van der Waals surface area contributed by atoms with E-state index in [9.17, 15) is 0 Å². The van der Waals surface area contributed by atoms with Gasteiger partial charge in [0.2, 0.25) is 0 Å². The summed E-state index contributed by atoms with van der Waals surface area (Å²) in [5, 5.41) is 6.97. The standard InChI is InChI=1S/C36H36N4/c1-25-21-26(2)38-34-15-7-30(8-16-34)24-32-11-19-36(20-12-32)40-28(4)22-27(3)39-35-17-9-31(10-18-35)23-29-5-13-33(37-25)14-6-29/h5-22,37,39H,23-24H2,1-4H3/b25-21-,27-22-,38-26?,40-28?. The Bertz CT molecular complexity index is 1450. The first-order chi connectivity index (χ1) is 19.4. The zero-order valence-corrected chi connectivity index (χ0v) is 23.7. The molecule has 7 heterocycles. The molecule has 4 heteroatoms. The second-order valence-corrected chi connectivity index (χ2v) is 10.5. The van der Waals surface area contributed by atoms with E-state index in [2.05, 4.69) is 134 Å². The molecule has 0 radical (unpaired) electrons. The van der Waals surface area contributed by atoms with Crippen molar-refractivity contribution in [1.29, 1.82) is 0 Å². The van der Waals surface area contributed by atoms with Crippen LogP contribution >= 0.6 is 0 Å². The predicted octanol–water partition coefficient (Wildman–Crippen LogP) is 9.40. The summed E-state index contributed by atoms with van der Waals surface area (Å²) in [4.78, 5) is 9.58.